The van der Waals surface area contributed by atoms with Gasteiger partial charge in [0, 0.05) is 38.1 Å². The summed E-state index contributed by atoms with van der Waals surface area (Å²) in [5.74, 6) is 0.630. The molecule has 0 unspecified atom stereocenters. The van der Waals surface area contributed by atoms with E-state index in [2.05, 4.69) is 15.6 Å². The quantitative estimate of drug-likeness (QED) is 0.412. The highest BCUT2D eigenvalue weighted by Crippen LogP contribution is 2.18. The number of ether oxygens (including phenoxy) is 1. The Morgan fingerprint density at radius 2 is 1.96 bits per heavy atom. The average Bonchev–Trinajstić information content (AvgIpc) is 2.69. The van der Waals surface area contributed by atoms with E-state index in [0.717, 1.165) is 5.56 Å². The maximum Gasteiger partial charge on any atom is 0.320 e. The Morgan fingerprint density at radius 1 is 1.29 bits per heavy atom. The van der Waals surface area contributed by atoms with E-state index in [1.54, 1.807) is 13.2 Å². The number of pyridine rings is 1. The summed E-state index contributed by atoms with van der Waals surface area (Å²) in [5.41, 5.74) is 7.95. The Balaban J connectivity index is 2.07. The number of nitrogens with zero attached hydrogens (tertiary/aromatic N) is 2. The fourth-order valence-electron chi connectivity index (χ4n) is 2.83. The molecule has 1 atom stereocenters. The molecule has 2 aromatic rings. The molecule has 8 heteroatoms. The summed E-state index contributed by atoms with van der Waals surface area (Å²) >= 11 is 0. The summed E-state index contributed by atoms with van der Waals surface area (Å²) in [6.07, 6.45) is 1.51. The molecule has 0 aliphatic carbocycles. The Hall–Kier alpha value is -3.13. The molecule has 2 rings (SSSR count). The van der Waals surface area contributed by atoms with Gasteiger partial charge in [0.05, 0.1) is 18.2 Å². The normalized spacial score (nSPS) is 11.5. The molecule has 1 heterocycles. The summed E-state index contributed by atoms with van der Waals surface area (Å²) in [5, 5.41) is 13.8. The Labute approximate surface area is 165 Å². The lowest BCUT2D eigenvalue weighted by molar-refractivity contribution is 0.168. The number of rotatable bonds is 8. The molecule has 5 N–H and O–H groups in total. The van der Waals surface area contributed by atoms with Crippen LogP contribution in [0.1, 0.15) is 31.0 Å². The number of carbonyl (C=O) groups excluding carboxylic acids is 1. The highest BCUT2D eigenvalue weighted by molar-refractivity contribution is 6.01. The fourth-order valence-corrected chi connectivity index (χ4v) is 2.83. The highest BCUT2D eigenvalue weighted by atomic mass is 16.5. The largest absolute Gasteiger partial charge is 0.398 e. The number of amidine groups is 1. The Kier molecular flexibility index (Phi) is 7.76. The van der Waals surface area contributed by atoms with E-state index >= 15 is 0 Å². The molecule has 1 aromatic heterocycles. The number of benzene rings is 1. The van der Waals surface area contributed by atoms with Crippen molar-refractivity contribution in [3.63, 3.8) is 0 Å². The van der Waals surface area contributed by atoms with Gasteiger partial charge in [-0.05, 0) is 19.4 Å². The number of nitrogen functional groups attached to an aromatic ring is 1. The molecule has 0 saturated carbocycles. The number of amides is 2. The number of hydrogen-bond donors (Lipinski definition) is 4. The highest BCUT2D eigenvalue weighted by Gasteiger charge is 2.16. The zero-order valence-electron chi connectivity index (χ0n) is 16.5. The first-order valence-corrected chi connectivity index (χ1v) is 9.20. The molecule has 0 spiro atoms. The van der Waals surface area contributed by atoms with E-state index in [1.165, 1.54) is 6.20 Å². The molecular weight excluding hydrogens is 356 g/mol. The SMILES string of the molecule is CCN(CC)C(=N)c1cnc(NC(=O)N[C@H](COC)c2ccccc2)cc1N. The third-order valence-electron chi connectivity index (χ3n) is 4.35. The van der Waals surface area contributed by atoms with Gasteiger partial charge in [-0.25, -0.2) is 9.78 Å². The number of nitrogens with two attached hydrogens (primary N) is 1. The third kappa shape index (κ3) is 5.43. The number of hydrogen-bond acceptors (Lipinski definition) is 5. The maximum atomic E-state index is 12.4. The maximum absolute atomic E-state index is 12.4. The first-order chi connectivity index (χ1) is 13.5. The van der Waals surface area contributed by atoms with Gasteiger partial charge < -0.3 is 20.7 Å². The van der Waals surface area contributed by atoms with E-state index in [0.29, 0.717) is 42.6 Å². The van der Waals surface area contributed by atoms with E-state index < -0.39 is 6.03 Å². The molecule has 0 aliphatic heterocycles. The molecule has 150 valence electrons. The average molecular weight is 384 g/mol. The zero-order chi connectivity index (χ0) is 20.5. The number of nitrogens with one attached hydrogen (secondary N) is 3. The van der Waals surface area contributed by atoms with Crippen molar-refractivity contribution >= 4 is 23.4 Å². The van der Waals surface area contributed by atoms with Gasteiger partial charge in [-0.3, -0.25) is 10.7 Å². The van der Waals surface area contributed by atoms with Gasteiger partial charge in [0.15, 0.2) is 0 Å². The molecule has 1 aromatic carbocycles. The topological polar surface area (TPSA) is 116 Å². The van der Waals surface area contributed by atoms with Crippen LogP contribution in [-0.2, 0) is 4.74 Å². The molecule has 0 bridgehead atoms. The van der Waals surface area contributed by atoms with Gasteiger partial charge in [-0.2, -0.15) is 0 Å². The van der Waals surface area contributed by atoms with Crippen LogP contribution in [0.15, 0.2) is 42.6 Å². The van der Waals surface area contributed by atoms with Crippen molar-refractivity contribution < 1.29 is 9.53 Å². The lowest BCUT2D eigenvalue weighted by atomic mass is 10.1. The van der Waals surface area contributed by atoms with Crippen molar-refractivity contribution in [3.8, 4) is 0 Å². The van der Waals surface area contributed by atoms with Crippen LogP contribution in [0.25, 0.3) is 0 Å². The summed E-state index contributed by atoms with van der Waals surface area (Å²) < 4.78 is 5.21. The van der Waals surface area contributed by atoms with Gasteiger partial charge in [0.2, 0.25) is 0 Å². The van der Waals surface area contributed by atoms with Crippen LogP contribution in [0.4, 0.5) is 16.3 Å². The second-order valence-corrected chi connectivity index (χ2v) is 6.19. The second-order valence-electron chi connectivity index (χ2n) is 6.19. The van der Waals surface area contributed by atoms with Crippen molar-refractivity contribution in [1.82, 2.24) is 15.2 Å². The van der Waals surface area contributed by atoms with Gasteiger partial charge >= 0.3 is 6.03 Å². The van der Waals surface area contributed by atoms with Gasteiger partial charge in [0.1, 0.15) is 11.7 Å². The number of anilines is 2. The first kappa shape index (κ1) is 21.2. The molecule has 8 nitrogen and oxygen atoms in total. The van der Waals surface area contributed by atoms with Crippen LogP contribution in [0.2, 0.25) is 0 Å². The summed E-state index contributed by atoms with van der Waals surface area (Å²) in [6.45, 7) is 5.71. The minimum Gasteiger partial charge on any atom is -0.398 e. The minimum atomic E-state index is -0.413. The van der Waals surface area contributed by atoms with Gasteiger partial charge in [0.25, 0.3) is 0 Å². The third-order valence-corrected chi connectivity index (χ3v) is 4.35. The van der Waals surface area contributed by atoms with E-state index in [9.17, 15) is 4.79 Å². The van der Waals surface area contributed by atoms with Crippen molar-refractivity contribution in [2.45, 2.75) is 19.9 Å². The monoisotopic (exact) mass is 384 g/mol. The molecule has 0 aliphatic rings. The predicted molar refractivity (Wildman–Crippen MR) is 112 cm³/mol. The molecule has 0 radical (unpaired) electrons. The molecule has 0 fully saturated rings. The van der Waals surface area contributed by atoms with Crippen LogP contribution >= 0.6 is 0 Å². The molecule has 2 amide bonds. The standard InChI is InChI=1S/C20H28N6O2/c1-4-26(5-2)19(22)15-12-23-18(11-16(15)21)25-20(27)24-17(13-28-3)14-9-7-6-8-10-14/h6-12,17,22H,4-5,13H2,1-3H3,(H4,21,23,24,25,27)/t17-/m1/s1. The van der Waals surface area contributed by atoms with E-state index in [-0.39, 0.29) is 6.04 Å². The lowest BCUT2D eigenvalue weighted by Crippen LogP contribution is -2.35. The zero-order valence-corrected chi connectivity index (χ0v) is 16.5. The van der Waals surface area contributed by atoms with Crippen LogP contribution < -0.4 is 16.4 Å². The lowest BCUT2D eigenvalue weighted by Gasteiger charge is -2.22. The van der Waals surface area contributed by atoms with Crippen LogP contribution in [0.5, 0.6) is 0 Å². The Bertz CT molecular complexity index is 793. The van der Waals surface area contributed by atoms with Gasteiger partial charge in [-0.1, -0.05) is 30.3 Å². The summed E-state index contributed by atoms with van der Waals surface area (Å²) in [7, 11) is 1.58. The first-order valence-electron chi connectivity index (χ1n) is 9.20. The number of aromatic nitrogens is 1. The van der Waals surface area contributed by atoms with Crippen LogP contribution in [0, 0.1) is 5.41 Å². The number of carbonyl (C=O) groups is 1. The molecule has 28 heavy (non-hydrogen) atoms. The van der Waals surface area contributed by atoms with Crippen molar-refractivity contribution in [2.75, 3.05) is 37.9 Å². The number of urea groups is 1. The van der Waals surface area contributed by atoms with Crippen molar-refractivity contribution in [3.05, 3.63) is 53.7 Å². The van der Waals surface area contributed by atoms with Crippen LogP contribution in [0.3, 0.4) is 0 Å². The van der Waals surface area contributed by atoms with E-state index in [1.807, 2.05) is 49.1 Å². The number of methoxy groups -OCH3 is 1. The molecule has 0 saturated heterocycles. The molecular formula is C20H28N6O2. The Morgan fingerprint density at radius 3 is 2.54 bits per heavy atom. The summed E-state index contributed by atoms with van der Waals surface area (Å²) in [6, 6.07) is 10.4. The minimum absolute atomic E-state index is 0.293. The van der Waals surface area contributed by atoms with Gasteiger partial charge in [-0.15, -0.1) is 0 Å². The van der Waals surface area contributed by atoms with Crippen molar-refractivity contribution in [2.24, 2.45) is 0 Å². The van der Waals surface area contributed by atoms with Crippen molar-refractivity contribution in [1.29, 1.82) is 5.41 Å². The summed E-state index contributed by atoms with van der Waals surface area (Å²) in [4.78, 5) is 18.5. The second kappa shape index (κ2) is 10.3. The van der Waals surface area contributed by atoms with E-state index in [4.69, 9.17) is 15.9 Å². The predicted octanol–water partition coefficient (Wildman–Crippen LogP) is 2.84. The fraction of sp³-hybridized carbons (Fsp3) is 0.350. The van der Waals surface area contributed by atoms with Crippen LogP contribution in [-0.4, -0.2) is 48.6 Å². The smallest absolute Gasteiger partial charge is 0.320 e.